The van der Waals surface area contributed by atoms with E-state index >= 15 is 0 Å². The van der Waals surface area contributed by atoms with Crippen LogP contribution in [-0.4, -0.2) is 26.6 Å². The summed E-state index contributed by atoms with van der Waals surface area (Å²) >= 11 is 0. The normalized spacial score (nSPS) is 11.1. The van der Waals surface area contributed by atoms with E-state index in [1.165, 1.54) is 0 Å². The molecule has 0 bridgehead atoms. The van der Waals surface area contributed by atoms with Crippen LogP contribution in [0.25, 0.3) is 0 Å². The zero-order chi connectivity index (χ0) is 18.4. The molecule has 0 spiro atoms. The second kappa shape index (κ2) is 8.09. The Balaban J connectivity index is 2.13. The number of benzene rings is 2. The number of ether oxygens (including phenoxy) is 4. The summed E-state index contributed by atoms with van der Waals surface area (Å²) in [6.07, 6.45) is 0. The fraction of sp³-hybridized carbons (Fsp3) is 0.368. The van der Waals surface area contributed by atoms with E-state index in [4.69, 9.17) is 24.2 Å². The third-order valence-corrected chi connectivity index (χ3v) is 3.92. The maximum Gasteiger partial charge on any atom is 0.203 e. The molecule has 2 rings (SSSR count). The minimum absolute atomic E-state index is 0.374. The molecule has 0 aliphatic carbocycles. The first-order valence-electron chi connectivity index (χ1n) is 7.80. The Morgan fingerprint density at radius 3 is 1.88 bits per heavy atom. The summed E-state index contributed by atoms with van der Waals surface area (Å²) in [4.78, 5) is 4.49. The minimum Gasteiger partial charge on any atom is -0.493 e. The van der Waals surface area contributed by atoms with E-state index in [1.807, 2.05) is 24.3 Å². The van der Waals surface area contributed by atoms with Crippen LogP contribution in [-0.2, 0) is 17.1 Å². The molecule has 0 aliphatic rings. The van der Waals surface area contributed by atoms with Crippen molar-refractivity contribution in [3.8, 4) is 23.0 Å². The molecule has 0 fully saturated rings. The van der Waals surface area contributed by atoms with Crippen molar-refractivity contribution < 1.29 is 29.1 Å². The van der Waals surface area contributed by atoms with Crippen molar-refractivity contribution in [3.05, 3.63) is 47.5 Å². The Labute approximate surface area is 147 Å². The summed E-state index contributed by atoms with van der Waals surface area (Å²) in [5.41, 5.74) is 1.09. The van der Waals surface area contributed by atoms with Crippen LogP contribution in [0.5, 0.6) is 23.0 Å². The van der Waals surface area contributed by atoms with Gasteiger partial charge in [-0.2, -0.15) is 0 Å². The van der Waals surface area contributed by atoms with Gasteiger partial charge in [0.15, 0.2) is 11.5 Å². The van der Waals surface area contributed by atoms with Gasteiger partial charge >= 0.3 is 0 Å². The molecule has 25 heavy (non-hydrogen) atoms. The van der Waals surface area contributed by atoms with Gasteiger partial charge in [0.2, 0.25) is 5.75 Å². The smallest absolute Gasteiger partial charge is 0.203 e. The molecule has 0 aromatic heterocycles. The molecule has 0 saturated heterocycles. The largest absolute Gasteiger partial charge is 0.493 e. The molecule has 6 heteroatoms. The van der Waals surface area contributed by atoms with Gasteiger partial charge in [-0.05, 0) is 25.0 Å². The van der Waals surface area contributed by atoms with Crippen molar-refractivity contribution >= 4 is 0 Å². The topological polar surface area (TPSA) is 66.4 Å². The quantitative estimate of drug-likeness (QED) is 0.574. The van der Waals surface area contributed by atoms with E-state index in [9.17, 15) is 0 Å². The molecule has 136 valence electrons. The zero-order valence-corrected chi connectivity index (χ0v) is 15.2. The number of methoxy groups -OCH3 is 3. The summed E-state index contributed by atoms with van der Waals surface area (Å²) in [7, 11) is 4.68. The van der Waals surface area contributed by atoms with Crippen molar-refractivity contribution in [1.82, 2.24) is 0 Å². The van der Waals surface area contributed by atoms with Crippen LogP contribution in [0.3, 0.4) is 0 Å². The van der Waals surface area contributed by atoms with Crippen LogP contribution < -0.4 is 18.9 Å². The fourth-order valence-electron chi connectivity index (χ4n) is 2.36. The average Bonchev–Trinajstić information content (AvgIpc) is 2.65. The van der Waals surface area contributed by atoms with Crippen molar-refractivity contribution in [2.24, 2.45) is 0 Å². The summed E-state index contributed by atoms with van der Waals surface area (Å²) in [6.45, 7) is 3.95. The highest BCUT2D eigenvalue weighted by Gasteiger charge is 2.21. The molecule has 0 atom stereocenters. The molecule has 0 aliphatic heterocycles. The standard InChI is InChI=1S/C19H24O6/c1-19(2,25-20)14-8-6-13(7-9-14)12-24-15-10-16(21-3)18(23-5)17(11-15)22-4/h6-11,20H,12H2,1-5H3. The second-order valence-electron chi connectivity index (χ2n) is 5.95. The van der Waals surface area contributed by atoms with E-state index in [-0.39, 0.29) is 0 Å². The Kier molecular flexibility index (Phi) is 6.12. The highest BCUT2D eigenvalue weighted by atomic mass is 17.1. The Hall–Kier alpha value is -2.44. The first-order chi connectivity index (χ1) is 11.9. The molecule has 0 unspecified atom stereocenters. The molecular formula is C19H24O6. The lowest BCUT2D eigenvalue weighted by Crippen LogP contribution is -2.19. The Bertz CT molecular complexity index is 669. The molecule has 0 saturated carbocycles. The molecular weight excluding hydrogens is 324 g/mol. The minimum atomic E-state index is -0.754. The van der Waals surface area contributed by atoms with E-state index in [0.717, 1.165) is 11.1 Å². The lowest BCUT2D eigenvalue weighted by atomic mass is 9.97. The number of hydrogen-bond acceptors (Lipinski definition) is 6. The summed E-state index contributed by atoms with van der Waals surface area (Å²) < 4.78 is 21.8. The van der Waals surface area contributed by atoms with E-state index in [0.29, 0.717) is 29.6 Å². The molecule has 0 heterocycles. The third kappa shape index (κ3) is 4.35. The molecule has 1 N–H and O–H groups in total. The van der Waals surface area contributed by atoms with E-state index in [2.05, 4.69) is 4.89 Å². The lowest BCUT2D eigenvalue weighted by Gasteiger charge is -2.21. The number of rotatable bonds is 8. The maximum atomic E-state index is 8.95. The van der Waals surface area contributed by atoms with Crippen LogP contribution in [0, 0.1) is 0 Å². The predicted octanol–water partition coefficient (Wildman–Crippen LogP) is 4.02. The SMILES string of the molecule is COc1cc(OCc2ccc(C(C)(C)OO)cc2)cc(OC)c1OC. The molecule has 2 aromatic rings. The van der Waals surface area contributed by atoms with Gasteiger partial charge in [-0.3, -0.25) is 5.26 Å². The second-order valence-corrected chi connectivity index (χ2v) is 5.95. The maximum absolute atomic E-state index is 8.95. The fourth-order valence-corrected chi connectivity index (χ4v) is 2.36. The van der Waals surface area contributed by atoms with Crippen LogP contribution in [0.15, 0.2) is 36.4 Å². The zero-order valence-electron chi connectivity index (χ0n) is 15.2. The molecule has 6 nitrogen and oxygen atoms in total. The monoisotopic (exact) mass is 348 g/mol. The Morgan fingerprint density at radius 2 is 1.44 bits per heavy atom. The first kappa shape index (κ1) is 18.9. The molecule has 0 amide bonds. The van der Waals surface area contributed by atoms with Crippen LogP contribution in [0.1, 0.15) is 25.0 Å². The van der Waals surface area contributed by atoms with Gasteiger partial charge in [0.1, 0.15) is 18.0 Å². The van der Waals surface area contributed by atoms with Crippen molar-refractivity contribution in [3.63, 3.8) is 0 Å². The van der Waals surface area contributed by atoms with Crippen molar-refractivity contribution in [1.29, 1.82) is 0 Å². The Morgan fingerprint density at radius 1 is 0.880 bits per heavy atom. The van der Waals surface area contributed by atoms with E-state index < -0.39 is 5.60 Å². The van der Waals surface area contributed by atoms with Gasteiger partial charge in [0.25, 0.3) is 0 Å². The summed E-state index contributed by atoms with van der Waals surface area (Å²) in [5, 5.41) is 8.95. The number of hydrogen-bond donors (Lipinski definition) is 1. The van der Waals surface area contributed by atoms with Gasteiger partial charge in [-0.15, -0.1) is 0 Å². The van der Waals surface area contributed by atoms with Gasteiger partial charge in [-0.1, -0.05) is 24.3 Å². The van der Waals surface area contributed by atoms with Crippen LogP contribution in [0.2, 0.25) is 0 Å². The van der Waals surface area contributed by atoms with Gasteiger partial charge in [0, 0.05) is 12.1 Å². The van der Waals surface area contributed by atoms with E-state index in [1.54, 1.807) is 47.3 Å². The predicted molar refractivity (Wildman–Crippen MR) is 93.6 cm³/mol. The average molecular weight is 348 g/mol. The van der Waals surface area contributed by atoms with Crippen LogP contribution in [0.4, 0.5) is 0 Å². The molecule has 0 radical (unpaired) electrons. The highest BCUT2D eigenvalue weighted by molar-refractivity contribution is 5.55. The van der Waals surface area contributed by atoms with Gasteiger partial charge in [-0.25, -0.2) is 4.89 Å². The third-order valence-electron chi connectivity index (χ3n) is 3.92. The van der Waals surface area contributed by atoms with Crippen molar-refractivity contribution in [2.75, 3.05) is 21.3 Å². The van der Waals surface area contributed by atoms with Gasteiger partial charge in [0.05, 0.1) is 21.3 Å². The van der Waals surface area contributed by atoms with Gasteiger partial charge < -0.3 is 18.9 Å². The molecule has 2 aromatic carbocycles. The highest BCUT2D eigenvalue weighted by Crippen LogP contribution is 2.41. The summed E-state index contributed by atoms with van der Waals surface area (Å²) in [5.74, 6) is 2.20. The van der Waals surface area contributed by atoms with Crippen molar-refractivity contribution in [2.45, 2.75) is 26.1 Å². The van der Waals surface area contributed by atoms with Crippen LogP contribution >= 0.6 is 0 Å². The lowest BCUT2D eigenvalue weighted by molar-refractivity contribution is -0.318. The summed E-state index contributed by atoms with van der Waals surface area (Å²) in [6, 6.07) is 11.1. The first-order valence-corrected chi connectivity index (χ1v) is 7.80.